The molecule has 1 fully saturated rings. The quantitative estimate of drug-likeness (QED) is 0.321. The van der Waals surface area contributed by atoms with E-state index in [9.17, 15) is 22.8 Å². The maximum Gasteiger partial charge on any atom is 0.416 e. The number of ether oxygens (including phenoxy) is 1. The Bertz CT molecular complexity index is 1430. The van der Waals surface area contributed by atoms with Crippen LogP contribution in [-0.2, 0) is 6.18 Å². The molecule has 0 unspecified atom stereocenters. The molecule has 0 saturated carbocycles. The zero-order chi connectivity index (χ0) is 30.4. The Morgan fingerprint density at radius 1 is 1.05 bits per heavy atom. The number of para-hydroxylation sites is 1. The molecule has 42 heavy (non-hydrogen) atoms. The Hall–Kier alpha value is -3.76. The maximum absolute atomic E-state index is 13.4. The number of amides is 2. The van der Waals surface area contributed by atoms with Gasteiger partial charge in [0.2, 0.25) is 0 Å². The summed E-state index contributed by atoms with van der Waals surface area (Å²) in [6.45, 7) is 6.01. The summed E-state index contributed by atoms with van der Waals surface area (Å²) in [6, 6.07) is 15.9. The highest BCUT2D eigenvalue weighted by Gasteiger charge is 2.34. The third-order valence-corrected chi connectivity index (χ3v) is 7.56. The van der Waals surface area contributed by atoms with Gasteiger partial charge in [0, 0.05) is 50.0 Å². The second-order valence-corrected chi connectivity index (χ2v) is 10.3. The van der Waals surface area contributed by atoms with E-state index >= 15 is 0 Å². The average Bonchev–Trinajstić information content (AvgIpc) is 2.99. The summed E-state index contributed by atoms with van der Waals surface area (Å²) in [4.78, 5) is 30.4. The van der Waals surface area contributed by atoms with Crippen molar-refractivity contribution < 1.29 is 27.5 Å². The summed E-state index contributed by atoms with van der Waals surface area (Å²) < 4.78 is 45.1. The van der Waals surface area contributed by atoms with Gasteiger partial charge >= 0.3 is 6.18 Å². The zero-order valence-corrected chi connectivity index (χ0v) is 24.3. The van der Waals surface area contributed by atoms with Gasteiger partial charge in [-0.3, -0.25) is 9.59 Å². The Balaban J connectivity index is 1.64. The first-order valence-corrected chi connectivity index (χ1v) is 14.2. The lowest BCUT2D eigenvalue weighted by Crippen LogP contribution is -2.55. The van der Waals surface area contributed by atoms with E-state index in [0.29, 0.717) is 62.8 Å². The van der Waals surface area contributed by atoms with Crippen LogP contribution in [0.15, 0.2) is 60.7 Å². The van der Waals surface area contributed by atoms with Crippen molar-refractivity contribution in [2.45, 2.75) is 32.5 Å². The largest absolute Gasteiger partial charge is 0.493 e. The van der Waals surface area contributed by atoms with Crippen LogP contribution >= 0.6 is 11.6 Å². The zero-order valence-electron chi connectivity index (χ0n) is 23.5. The number of hydrogen-bond donors (Lipinski definition) is 2. The second kappa shape index (κ2) is 13.5. The first-order valence-electron chi connectivity index (χ1n) is 13.9. The van der Waals surface area contributed by atoms with Crippen LogP contribution in [0, 0.1) is 0 Å². The molecule has 224 valence electrons. The van der Waals surface area contributed by atoms with Crippen molar-refractivity contribution in [3.05, 3.63) is 82.4 Å². The molecule has 0 spiro atoms. The van der Waals surface area contributed by atoms with E-state index < -0.39 is 17.6 Å². The van der Waals surface area contributed by atoms with Gasteiger partial charge in [-0.2, -0.15) is 13.2 Å². The minimum absolute atomic E-state index is 0.0205. The van der Waals surface area contributed by atoms with Gasteiger partial charge in [-0.05, 0) is 55.3 Å². The Morgan fingerprint density at radius 2 is 1.81 bits per heavy atom. The minimum Gasteiger partial charge on any atom is -0.493 e. The summed E-state index contributed by atoms with van der Waals surface area (Å²) in [7, 11) is 0. The number of piperazine rings is 1. The highest BCUT2D eigenvalue weighted by molar-refractivity contribution is 6.33. The molecule has 1 atom stereocenters. The summed E-state index contributed by atoms with van der Waals surface area (Å²) in [5, 5.41) is 2.62. The molecule has 1 heterocycles. The van der Waals surface area contributed by atoms with E-state index in [1.807, 2.05) is 56.3 Å². The van der Waals surface area contributed by atoms with Gasteiger partial charge in [0.05, 0.1) is 28.3 Å². The molecule has 11 heteroatoms. The standard InChI is InChI=1S/C31H34ClF3N4O3/c1-3-22-19-38(30(41)24-11-10-21(18-26(24)32)31(33,34)35)15-16-39(22)27-12-9-20(17-25(27)29(40)37-14-13-36)23-7-5-6-8-28(23)42-4-2/h5-12,17-18,22H,3-4,13-16,19,36H2,1-2H3,(H,37,40)/t22-/m1/s1. The molecular weight excluding hydrogens is 569 g/mol. The minimum atomic E-state index is -4.56. The van der Waals surface area contributed by atoms with Crippen molar-refractivity contribution in [1.29, 1.82) is 0 Å². The lowest BCUT2D eigenvalue weighted by molar-refractivity contribution is -0.137. The number of nitrogens with one attached hydrogen (secondary N) is 1. The van der Waals surface area contributed by atoms with Gasteiger partial charge in [-0.25, -0.2) is 0 Å². The molecule has 1 aliphatic rings. The number of rotatable bonds is 9. The predicted molar refractivity (Wildman–Crippen MR) is 158 cm³/mol. The van der Waals surface area contributed by atoms with Crippen LogP contribution in [0.5, 0.6) is 5.75 Å². The first-order chi connectivity index (χ1) is 20.1. The number of alkyl halides is 3. The van der Waals surface area contributed by atoms with Crippen LogP contribution in [0.25, 0.3) is 11.1 Å². The van der Waals surface area contributed by atoms with E-state index in [2.05, 4.69) is 10.2 Å². The van der Waals surface area contributed by atoms with Gasteiger partial charge in [-0.1, -0.05) is 42.8 Å². The van der Waals surface area contributed by atoms with Crippen molar-refractivity contribution in [2.75, 3.05) is 44.2 Å². The van der Waals surface area contributed by atoms with Crippen molar-refractivity contribution in [1.82, 2.24) is 10.2 Å². The molecule has 0 bridgehead atoms. The number of carbonyl (C=O) groups is 2. The molecule has 7 nitrogen and oxygen atoms in total. The van der Waals surface area contributed by atoms with Gasteiger partial charge in [0.15, 0.2) is 0 Å². The van der Waals surface area contributed by atoms with Crippen molar-refractivity contribution >= 4 is 29.1 Å². The van der Waals surface area contributed by atoms with Crippen molar-refractivity contribution in [3.8, 4) is 16.9 Å². The normalized spacial score (nSPS) is 15.5. The third-order valence-electron chi connectivity index (χ3n) is 7.25. The Morgan fingerprint density at radius 3 is 2.48 bits per heavy atom. The molecule has 0 radical (unpaired) electrons. The summed E-state index contributed by atoms with van der Waals surface area (Å²) >= 11 is 6.12. The summed E-state index contributed by atoms with van der Waals surface area (Å²) in [5.41, 5.74) is 7.61. The fraction of sp³-hybridized carbons (Fsp3) is 0.355. The molecule has 3 N–H and O–H groups in total. The molecule has 3 aromatic rings. The summed E-state index contributed by atoms with van der Waals surface area (Å²) in [5.74, 6) is 0.00765. The maximum atomic E-state index is 13.4. The number of hydrogen-bond acceptors (Lipinski definition) is 5. The average molecular weight is 603 g/mol. The van der Waals surface area contributed by atoms with Crippen LogP contribution in [0.3, 0.4) is 0 Å². The lowest BCUT2D eigenvalue weighted by atomic mass is 9.98. The first kappa shape index (κ1) is 31.2. The number of carbonyl (C=O) groups excluding carboxylic acids is 2. The molecule has 3 aromatic carbocycles. The van der Waals surface area contributed by atoms with Crippen LogP contribution in [0.1, 0.15) is 46.5 Å². The number of halogens is 4. The second-order valence-electron chi connectivity index (χ2n) is 9.90. The number of nitrogens with zero attached hydrogens (tertiary/aromatic N) is 2. The number of benzene rings is 3. The van der Waals surface area contributed by atoms with E-state index in [1.165, 1.54) is 0 Å². The third kappa shape index (κ3) is 6.82. The predicted octanol–water partition coefficient (Wildman–Crippen LogP) is 5.85. The molecule has 1 saturated heterocycles. The highest BCUT2D eigenvalue weighted by atomic mass is 35.5. The Labute approximate surface area is 248 Å². The molecule has 0 aliphatic carbocycles. The monoisotopic (exact) mass is 602 g/mol. The number of nitrogens with two attached hydrogens (primary N) is 1. The summed E-state index contributed by atoms with van der Waals surface area (Å²) in [6.07, 6.45) is -3.90. The molecular formula is C31H34ClF3N4O3. The van der Waals surface area contributed by atoms with Gasteiger partial charge in [0.1, 0.15) is 5.75 Å². The van der Waals surface area contributed by atoms with E-state index in [-0.39, 0.29) is 22.5 Å². The van der Waals surface area contributed by atoms with Gasteiger partial charge in [-0.15, -0.1) is 0 Å². The van der Waals surface area contributed by atoms with E-state index in [1.54, 1.807) is 4.90 Å². The fourth-order valence-corrected chi connectivity index (χ4v) is 5.41. The van der Waals surface area contributed by atoms with Crippen LogP contribution < -0.4 is 20.7 Å². The smallest absolute Gasteiger partial charge is 0.416 e. The van der Waals surface area contributed by atoms with Crippen molar-refractivity contribution in [3.63, 3.8) is 0 Å². The Kier molecular flexibility index (Phi) is 10.0. The molecule has 0 aromatic heterocycles. The van der Waals surface area contributed by atoms with Crippen LogP contribution in [0.4, 0.5) is 18.9 Å². The molecule has 1 aliphatic heterocycles. The lowest BCUT2D eigenvalue weighted by Gasteiger charge is -2.43. The van der Waals surface area contributed by atoms with Gasteiger partial charge in [0.25, 0.3) is 11.8 Å². The molecule has 4 rings (SSSR count). The fourth-order valence-electron chi connectivity index (χ4n) is 5.14. The van der Waals surface area contributed by atoms with E-state index in [4.69, 9.17) is 22.1 Å². The van der Waals surface area contributed by atoms with E-state index in [0.717, 1.165) is 29.3 Å². The van der Waals surface area contributed by atoms with Crippen LogP contribution in [-0.4, -0.2) is 62.1 Å². The SMILES string of the molecule is CCOc1ccccc1-c1ccc(N2CCN(C(=O)c3ccc(C(F)(F)F)cc3Cl)C[C@H]2CC)c(C(=O)NCCN)c1. The molecule has 2 amide bonds. The van der Waals surface area contributed by atoms with Crippen LogP contribution in [0.2, 0.25) is 5.02 Å². The highest BCUT2D eigenvalue weighted by Crippen LogP contribution is 2.36. The van der Waals surface area contributed by atoms with Crippen molar-refractivity contribution in [2.24, 2.45) is 5.73 Å². The van der Waals surface area contributed by atoms with Gasteiger partial charge < -0.3 is 25.6 Å². The topological polar surface area (TPSA) is 87.9 Å². The number of anilines is 1.